The maximum atomic E-state index is 13.0. The predicted octanol–water partition coefficient (Wildman–Crippen LogP) is 6.01. The molecule has 0 heterocycles. The van der Waals surface area contributed by atoms with Crippen LogP contribution in [0.2, 0.25) is 0 Å². The molecule has 1 saturated carbocycles. The van der Waals surface area contributed by atoms with Crippen LogP contribution in [0.15, 0.2) is 29.7 Å². The van der Waals surface area contributed by atoms with Gasteiger partial charge in [-0.05, 0) is 47.9 Å². The summed E-state index contributed by atoms with van der Waals surface area (Å²) in [5.41, 5.74) is 1.11. The van der Waals surface area contributed by atoms with Gasteiger partial charge in [0.25, 0.3) is 0 Å². The van der Waals surface area contributed by atoms with E-state index in [-0.39, 0.29) is 27.7 Å². The van der Waals surface area contributed by atoms with Crippen molar-refractivity contribution in [3.05, 3.63) is 46.4 Å². The number of phenolic OH excluding ortho intramolecular Hbond substituents is 1. The molecule has 164 valence electrons. The zero-order chi connectivity index (χ0) is 22.7. The molecule has 2 rings (SSSR count). The molecular weight excluding hydrogens is 394 g/mol. The molecule has 0 aliphatic heterocycles. The number of benzene rings is 1. The molecule has 30 heavy (non-hydrogen) atoms. The van der Waals surface area contributed by atoms with Gasteiger partial charge in [-0.15, -0.1) is 6.58 Å². The fraction of sp³-hybridized carbons (Fsp3) is 0.560. The van der Waals surface area contributed by atoms with Gasteiger partial charge in [-0.2, -0.15) is 5.26 Å². The van der Waals surface area contributed by atoms with Gasteiger partial charge in [-0.25, -0.2) is 8.42 Å². The Morgan fingerprint density at radius 3 is 2.23 bits per heavy atom. The summed E-state index contributed by atoms with van der Waals surface area (Å²) in [4.78, 5) is -0.207. The molecule has 1 aromatic carbocycles. The van der Waals surface area contributed by atoms with Crippen molar-refractivity contribution in [3.63, 3.8) is 0 Å². The number of aromatic hydroxyl groups is 1. The Kier molecular flexibility index (Phi) is 7.24. The number of nitrogens with zero attached hydrogens (tertiary/aromatic N) is 1. The largest absolute Gasteiger partial charge is 0.507 e. The van der Waals surface area contributed by atoms with Gasteiger partial charge < -0.3 is 5.11 Å². The number of hydrogen-bond donors (Lipinski definition) is 1. The lowest BCUT2D eigenvalue weighted by atomic mass is 9.77. The van der Waals surface area contributed by atoms with Gasteiger partial charge in [0.2, 0.25) is 0 Å². The van der Waals surface area contributed by atoms with E-state index in [1.807, 2.05) is 40.7 Å². The van der Waals surface area contributed by atoms with Crippen LogP contribution in [0, 0.1) is 17.2 Å². The van der Waals surface area contributed by atoms with Gasteiger partial charge in [0.15, 0.2) is 9.84 Å². The molecule has 4 nitrogen and oxygen atoms in total. The topological polar surface area (TPSA) is 78.2 Å². The maximum Gasteiger partial charge on any atom is 0.188 e. The normalized spacial score (nSPS) is 16.9. The van der Waals surface area contributed by atoms with Crippen molar-refractivity contribution >= 4 is 15.9 Å². The van der Waals surface area contributed by atoms with Crippen LogP contribution in [-0.2, 0) is 20.7 Å². The number of allylic oxidation sites excluding steroid dienone is 2. The highest BCUT2D eigenvalue weighted by Crippen LogP contribution is 2.41. The molecule has 0 unspecified atom stereocenters. The van der Waals surface area contributed by atoms with Crippen LogP contribution in [0.5, 0.6) is 5.75 Å². The summed E-state index contributed by atoms with van der Waals surface area (Å²) in [5.74, 6) is 0.343. The van der Waals surface area contributed by atoms with Crippen molar-refractivity contribution in [1.82, 2.24) is 0 Å². The third-order valence-corrected chi connectivity index (χ3v) is 7.86. The SMILES string of the molecule is C=CC(C)(C)c1cc(/C=C(\C#N)S(=O)(=O)CC2CCCCC2)cc(C(C)(C)C)c1O. The van der Waals surface area contributed by atoms with Gasteiger partial charge >= 0.3 is 0 Å². The van der Waals surface area contributed by atoms with Gasteiger partial charge in [0.1, 0.15) is 16.7 Å². The summed E-state index contributed by atoms with van der Waals surface area (Å²) in [6, 6.07) is 5.46. The molecule has 1 aliphatic carbocycles. The lowest BCUT2D eigenvalue weighted by Gasteiger charge is -2.28. The predicted molar refractivity (Wildman–Crippen MR) is 124 cm³/mol. The molecule has 0 bridgehead atoms. The summed E-state index contributed by atoms with van der Waals surface area (Å²) < 4.78 is 25.9. The first-order valence-electron chi connectivity index (χ1n) is 10.7. The number of sulfone groups is 1. The summed E-state index contributed by atoms with van der Waals surface area (Å²) in [6.07, 6.45) is 8.29. The van der Waals surface area contributed by atoms with Gasteiger partial charge in [0, 0.05) is 16.5 Å². The highest BCUT2D eigenvalue weighted by Gasteiger charge is 2.29. The van der Waals surface area contributed by atoms with Crippen LogP contribution in [0.3, 0.4) is 0 Å². The van der Waals surface area contributed by atoms with E-state index >= 15 is 0 Å². The highest BCUT2D eigenvalue weighted by atomic mass is 32.2. The van der Waals surface area contributed by atoms with E-state index < -0.39 is 15.3 Å². The Morgan fingerprint density at radius 1 is 1.17 bits per heavy atom. The van der Waals surface area contributed by atoms with Gasteiger partial charge in [-0.3, -0.25) is 0 Å². The fourth-order valence-corrected chi connectivity index (χ4v) is 5.60. The summed E-state index contributed by atoms with van der Waals surface area (Å²) in [6.45, 7) is 13.7. The molecule has 1 N–H and O–H groups in total. The first-order chi connectivity index (χ1) is 13.8. The molecule has 1 aliphatic rings. The van der Waals surface area contributed by atoms with Crippen LogP contribution >= 0.6 is 0 Å². The minimum absolute atomic E-state index is 0.0294. The lowest BCUT2D eigenvalue weighted by Crippen LogP contribution is -2.20. The van der Waals surface area contributed by atoms with Gasteiger partial charge in [0.05, 0.1) is 5.75 Å². The van der Waals surface area contributed by atoms with E-state index in [4.69, 9.17) is 0 Å². The molecular formula is C25H35NO3S. The minimum Gasteiger partial charge on any atom is -0.507 e. The van der Waals surface area contributed by atoms with Crippen LogP contribution in [0.1, 0.15) is 83.4 Å². The standard InChI is InChI=1S/C25H35NO3S/c1-7-25(5,6)22-15-19(14-21(23(22)27)24(2,3)4)13-20(16-26)30(28,29)17-18-11-9-8-10-12-18/h7,13-15,18,27H,1,8-12,17H2,2-6H3/b20-13+. The zero-order valence-electron chi connectivity index (χ0n) is 19.0. The van der Waals surface area contributed by atoms with E-state index in [1.165, 1.54) is 6.08 Å². The summed E-state index contributed by atoms with van der Waals surface area (Å²) >= 11 is 0. The van der Waals surface area contributed by atoms with E-state index in [9.17, 15) is 18.8 Å². The van der Waals surface area contributed by atoms with Crippen LogP contribution in [-0.4, -0.2) is 19.3 Å². The van der Waals surface area contributed by atoms with E-state index in [1.54, 1.807) is 18.2 Å². The summed E-state index contributed by atoms with van der Waals surface area (Å²) in [7, 11) is -3.67. The molecule has 0 aromatic heterocycles. The average molecular weight is 430 g/mol. The minimum atomic E-state index is -3.67. The molecule has 0 atom stereocenters. The second-order valence-corrected chi connectivity index (χ2v) is 12.0. The second-order valence-electron chi connectivity index (χ2n) is 10.0. The summed E-state index contributed by atoms with van der Waals surface area (Å²) in [5, 5.41) is 20.6. The fourth-order valence-electron chi connectivity index (χ4n) is 4.01. The Labute approximate surface area is 182 Å². The molecule has 1 fully saturated rings. The van der Waals surface area contributed by atoms with Crippen molar-refractivity contribution in [1.29, 1.82) is 5.26 Å². The van der Waals surface area contributed by atoms with Crippen molar-refractivity contribution < 1.29 is 13.5 Å². The Morgan fingerprint density at radius 2 is 1.73 bits per heavy atom. The molecule has 0 saturated heterocycles. The number of hydrogen-bond acceptors (Lipinski definition) is 4. The molecule has 0 radical (unpaired) electrons. The number of phenols is 1. The molecule has 5 heteroatoms. The van der Waals surface area contributed by atoms with Crippen molar-refractivity contribution in [2.45, 2.75) is 77.6 Å². The monoisotopic (exact) mass is 429 g/mol. The lowest BCUT2D eigenvalue weighted by molar-refractivity contribution is 0.385. The molecule has 1 aromatic rings. The smallest absolute Gasteiger partial charge is 0.188 e. The second kappa shape index (κ2) is 8.98. The highest BCUT2D eigenvalue weighted by molar-refractivity contribution is 7.95. The first kappa shape index (κ1) is 24.2. The Balaban J connectivity index is 2.57. The quantitative estimate of drug-likeness (QED) is 0.443. The first-order valence-corrected chi connectivity index (χ1v) is 12.3. The third kappa shape index (κ3) is 5.55. The van der Waals surface area contributed by atoms with Crippen molar-refractivity contribution in [2.24, 2.45) is 5.92 Å². The van der Waals surface area contributed by atoms with E-state index in [2.05, 4.69) is 6.58 Å². The Bertz CT molecular complexity index is 967. The van der Waals surface area contributed by atoms with Crippen LogP contribution < -0.4 is 0 Å². The van der Waals surface area contributed by atoms with Crippen LogP contribution in [0.4, 0.5) is 0 Å². The number of rotatable bonds is 6. The van der Waals surface area contributed by atoms with Crippen molar-refractivity contribution in [2.75, 3.05) is 5.75 Å². The van der Waals surface area contributed by atoms with E-state index in [0.717, 1.165) is 32.1 Å². The molecule has 0 amide bonds. The van der Waals surface area contributed by atoms with Crippen LogP contribution in [0.25, 0.3) is 6.08 Å². The van der Waals surface area contributed by atoms with Crippen molar-refractivity contribution in [3.8, 4) is 11.8 Å². The molecule has 0 spiro atoms. The maximum absolute atomic E-state index is 13.0. The van der Waals surface area contributed by atoms with E-state index in [0.29, 0.717) is 16.7 Å². The number of nitriles is 1. The zero-order valence-corrected chi connectivity index (χ0v) is 19.8. The van der Waals surface area contributed by atoms with Gasteiger partial charge in [-0.1, -0.05) is 60.0 Å². The Hall–Kier alpha value is -2.06. The third-order valence-electron chi connectivity index (χ3n) is 6.07. The average Bonchev–Trinajstić information content (AvgIpc) is 2.66.